The van der Waals surface area contributed by atoms with Crippen molar-refractivity contribution in [3.05, 3.63) is 177 Å². The smallest absolute Gasteiger partial charge is 0.0278 e. The summed E-state index contributed by atoms with van der Waals surface area (Å²) >= 11 is 0. The second-order valence-electron chi connectivity index (χ2n) is 10.3. The molecule has 0 atom stereocenters. The quantitative estimate of drug-likeness (QED) is 0.199. The molecule has 0 radical (unpaired) electrons. The van der Waals surface area contributed by atoms with Gasteiger partial charge in [0, 0.05) is 22.3 Å². The standard InChI is InChI=1S/C40H34/c1-31-29-37(23-27-39(31)25-21-33-9-5-3-6-10-33)19-17-35-13-15-36(16-14-35)18-20-38-24-28-40(32(2)30-38)26-22-34-11-7-4-8-12-34/h3-16,23-24,27-30H,17-20H2,1-2H3. The predicted octanol–water partition coefficient (Wildman–Crippen LogP) is 8.67. The molecule has 0 saturated heterocycles. The van der Waals surface area contributed by atoms with E-state index in [4.69, 9.17) is 0 Å². The zero-order valence-electron chi connectivity index (χ0n) is 23.4. The van der Waals surface area contributed by atoms with E-state index in [9.17, 15) is 0 Å². The lowest BCUT2D eigenvalue weighted by Gasteiger charge is -2.08. The van der Waals surface area contributed by atoms with Crippen LogP contribution < -0.4 is 0 Å². The highest BCUT2D eigenvalue weighted by Crippen LogP contribution is 2.16. The van der Waals surface area contributed by atoms with Gasteiger partial charge in [-0.25, -0.2) is 0 Å². The fraction of sp³-hybridized carbons (Fsp3) is 0.150. The summed E-state index contributed by atoms with van der Waals surface area (Å²) in [5.74, 6) is 13.2. The highest BCUT2D eigenvalue weighted by atomic mass is 14.1. The normalized spacial score (nSPS) is 10.2. The monoisotopic (exact) mass is 514 g/mol. The molecule has 0 aliphatic heterocycles. The van der Waals surface area contributed by atoms with Gasteiger partial charge in [0.1, 0.15) is 0 Å². The first-order chi connectivity index (χ1) is 19.6. The molecular weight excluding hydrogens is 480 g/mol. The van der Waals surface area contributed by atoms with Gasteiger partial charge in [0.2, 0.25) is 0 Å². The van der Waals surface area contributed by atoms with Gasteiger partial charge in [0.15, 0.2) is 0 Å². The third-order valence-electron chi connectivity index (χ3n) is 7.24. The third-order valence-corrected chi connectivity index (χ3v) is 7.24. The Bertz CT molecular complexity index is 1550. The van der Waals surface area contributed by atoms with Gasteiger partial charge in [-0.3, -0.25) is 0 Å². The topological polar surface area (TPSA) is 0 Å². The van der Waals surface area contributed by atoms with E-state index in [1.165, 1.54) is 33.4 Å². The minimum Gasteiger partial charge on any atom is -0.0622 e. The molecule has 194 valence electrons. The molecular formula is C40H34. The second kappa shape index (κ2) is 13.3. The Hall–Kier alpha value is -4.78. The van der Waals surface area contributed by atoms with Crippen molar-refractivity contribution in [2.45, 2.75) is 39.5 Å². The molecule has 0 aromatic heterocycles. The van der Waals surface area contributed by atoms with Crippen LogP contribution in [0.2, 0.25) is 0 Å². The summed E-state index contributed by atoms with van der Waals surface area (Å²) in [5, 5.41) is 0. The van der Waals surface area contributed by atoms with Gasteiger partial charge >= 0.3 is 0 Å². The number of rotatable bonds is 6. The fourth-order valence-corrected chi connectivity index (χ4v) is 4.81. The number of benzene rings is 5. The van der Waals surface area contributed by atoms with E-state index in [2.05, 4.69) is 98.2 Å². The van der Waals surface area contributed by atoms with Crippen LogP contribution in [-0.2, 0) is 25.7 Å². The molecule has 0 nitrogen and oxygen atoms in total. The van der Waals surface area contributed by atoms with Crippen LogP contribution in [0.25, 0.3) is 0 Å². The second-order valence-corrected chi connectivity index (χ2v) is 10.3. The van der Waals surface area contributed by atoms with Crippen LogP contribution in [0.3, 0.4) is 0 Å². The van der Waals surface area contributed by atoms with Gasteiger partial charge in [-0.05, 0) is 109 Å². The van der Waals surface area contributed by atoms with Gasteiger partial charge in [-0.2, -0.15) is 0 Å². The van der Waals surface area contributed by atoms with E-state index in [0.29, 0.717) is 0 Å². The van der Waals surface area contributed by atoms with Gasteiger partial charge in [-0.15, -0.1) is 0 Å². The molecule has 0 heteroatoms. The van der Waals surface area contributed by atoms with Crippen molar-refractivity contribution in [1.29, 1.82) is 0 Å². The van der Waals surface area contributed by atoms with Crippen molar-refractivity contribution in [3.8, 4) is 23.7 Å². The Balaban J connectivity index is 1.12. The lowest BCUT2D eigenvalue weighted by Crippen LogP contribution is -1.96. The molecule has 0 aliphatic rings. The van der Waals surface area contributed by atoms with Crippen molar-refractivity contribution < 1.29 is 0 Å². The van der Waals surface area contributed by atoms with E-state index in [0.717, 1.165) is 47.9 Å². The molecule has 5 aromatic carbocycles. The maximum atomic E-state index is 3.32. The minimum absolute atomic E-state index is 1.03. The molecule has 0 bridgehead atoms. The van der Waals surface area contributed by atoms with Crippen molar-refractivity contribution in [2.75, 3.05) is 0 Å². The average Bonchev–Trinajstić information content (AvgIpc) is 2.99. The number of hydrogen-bond donors (Lipinski definition) is 0. The summed E-state index contributed by atoms with van der Waals surface area (Å²) in [6.45, 7) is 4.31. The SMILES string of the molecule is Cc1cc(CCc2ccc(CCc3ccc(C#Cc4ccccc4)c(C)c3)cc2)ccc1C#Cc1ccccc1. The first kappa shape index (κ1) is 26.8. The highest BCUT2D eigenvalue weighted by molar-refractivity contribution is 5.48. The molecule has 0 heterocycles. The van der Waals surface area contributed by atoms with E-state index in [1.807, 2.05) is 60.7 Å². The van der Waals surface area contributed by atoms with Crippen molar-refractivity contribution >= 4 is 0 Å². The number of hydrogen-bond acceptors (Lipinski definition) is 0. The molecule has 0 fully saturated rings. The van der Waals surface area contributed by atoms with Crippen molar-refractivity contribution in [2.24, 2.45) is 0 Å². The number of aryl methyl sites for hydroxylation is 6. The molecule has 40 heavy (non-hydrogen) atoms. The summed E-state index contributed by atoms with van der Waals surface area (Å²) in [6, 6.07) is 42.8. The van der Waals surface area contributed by atoms with Gasteiger partial charge in [-0.1, -0.05) is 109 Å². The Labute approximate surface area is 239 Å². The van der Waals surface area contributed by atoms with Gasteiger partial charge in [0.05, 0.1) is 0 Å². The lowest BCUT2D eigenvalue weighted by molar-refractivity contribution is 0.938. The maximum absolute atomic E-state index is 3.32. The van der Waals surface area contributed by atoms with Crippen molar-refractivity contribution in [3.63, 3.8) is 0 Å². The zero-order valence-corrected chi connectivity index (χ0v) is 23.4. The average molecular weight is 515 g/mol. The first-order valence-electron chi connectivity index (χ1n) is 14.0. The van der Waals surface area contributed by atoms with Crippen LogP contribution in [0, 0.1) is 37.5 Å². The summed E-state index contributed by atoms with van der Waals surface area (Å²) in [5.41, 5.74) is 12.3. The van der Waals surface area contributed by atoms with E-state index in [-0.39, 0.29) is 0 Å². The molecule has 5 rings (SSSR count). The Morgan fingerprint density at radius 1 is 0.375 bits per heavy atom. The van der Waals surface area contributed by atoms with Crippen LogP contribution in [0.15, 0.2) is 121 Å². The molecule has 0 N–H and O–H groups in total. The Morgan fingerprint density at radius 3 is 1.10 bits per heavy atom. The maximum Gasteiger partial charge on any atom is 0.0278 e. The third kappa shape index (κ3) is 7.63. The first-order valence-corrected chi connectivity index (χ1v) is 14.0. The van der Waals surface area contributed by atoms with Crippen LogP contribution in [-0.4, -0.2) is 0 Å². The summed E-state index contributed by atoms with van der Waals surface area (Å²) in [7, 11) is 0. The summed E-state index contributed by atoms with van der Waals surface area (Å²) < 4.78 is 0. The highest BCUT2D eigenvalue weighted by Gasteiger charge is 2.03. The molecule has 0 unspecified atom stereocenters. The predicted molar refractivity (Wildman–Crippen MR) is 168 cm³/mol. The zero-order chi connectivity index (χ0) is 27.6. The van der Waals surface area contributed by atoms with E-state index in [1.54, 1.807) is 0 Å². The van der Waals surface area contributed by atoms with Gasteiger partial charge in [0.25, 0.3) is 0 Å². The largest absolute Gasteiger partial charge is 0.0622 e. The molecule has 0 amide bonds. The molecule has 0 spiro atoms. The molecule has 0 saturated carbocycles. The lowest BCUT2D eigenvalue weighted by atomic mass is 9.97. The van der Waals surface area contributed by atoms with Crippen molar-refractivity contribution in [1.82, 2.24) is 0 Å². The van der Waals surface area contributed by atoms with Crippen LogP contribution in [0.1, 0.15) is 55.6 Å². The molecule has 5 aromatic rings. The van der Waals surface area contributed by atoms with Crippen LogP contribution >= 0.6 is 0 Å². The molecule has 0 aliphatic carbocycles. The minimum atomic E-state index is 1.03. The fourth-order valence-electron chi connectivity index (χ4n) is 4.81. The van der Waals surface area contributed by atoms with Crippen LogP contribution in [0.5, 0.6) is 0 Å². The van der Waals surface area contributed by atoms with E-state index >= 15 is 0 Å². The van der Waals surface area contributed by atoms with E-state index < -0.39 is 0 Å². The Kier molecular flexibility index (Phi) is 8.94. The van der Waals surface area contributed by atoms with Gasteiger partial charge < -0.3 is 0 Å². The van der Waals surface area contributed by atoms with Crippen LogP contribution in [0.4, 0.5) is 0 Å². The Morgan fingerprint density at radius 2 is 0.725 bits per heavy atom. The summed E-state index contributed by atoms with van der Waals surface area (Å²) in [6.07, 6.45) is 4.15. The summed E-state index contributed by atoms with van der Waals surface area (Å²) in [4.78, 5) is 0.